The van der Waals surface area contributed by atoms with Crippen LogP contribution in [0.1, 0.15) is 42.3 Å². The van der Waals surface area contributed by atoms with Crippen molar-refractivity contribution in [2.45, 2.75) is 33.2 Å². The zero-order valence-electron chi connectivity index (χ0n) is 10.9. The lowest BCUT2D eigenvalue weighted by Gasteiger charge is -2.07. The van der Waals surface area contributed by atoms with E-state index in [1.807, 2.05) is 13.0 Å². The molecule has 1 aromatic carbocycles. The van der Waals surface area contributed by atoms with Crippen LogP contribution in [0.3, 0.4) is 0 Å². The predicted molar refractivity (Wildman–Crippen MR) is 69.1 cm³/mol. The Balaban J connectivity index is 2.19. The van der Waals surface area contributed by atoms with E-state index in [-0.39, 0.29) is 0 Å². The number of nitriles is 1. The first-order chi connectivity index (χ1) is 8.61. The van der Waals surface area contributed by atoms with Crippen molar-refractivity contribution in [2.24, 2.45) is 0 Å². The second-order valence-corrected chi connectivity index (χ2v) is 4.69. The van der Waals surface area contributed by atoms with Crippen LogP contribution in [0.25, 0.3) is 0 Å². The van der Waals surface area contributed by atoms with Gasteiger partial charge < -0.3 is 0 Å². The summed E-state index contributed by atoms with van der Waals surface area (Å²) in [5.41, 5.74) is 3.70. The number of benzene rings is 1. The molecule has 1 heterocycles. The van der Waals surface area contributed by atoms with Crippen LogP contribution in [0, 0.1) is 18.3 Å². The summed E-state index contributed by atoms with van der Waals surface area (Å²) in [6.45, 7) is 6.87. The molecule has 0 bridgehead atoms. The zero-order chi connectivity index (χ0) is 13.1. The molecule has 4 heteroatoms. The Morgan fingerprint density at radius 1 is 1.28 bits per heavy atom. The van der Waals surface area contributed by atoms with E-state index in [9.17, 15) is 0 Å². The van der Waals surface area contributed by atoms with Crippen molar-refractivity contribution in [1.29, 1.82) is 5.26 Å². The molecule has 0 spiro atoms. The highest BCUT2D eigenvalue weighted by molar-refractivity contribution is 5.27. The third-order valence-corrected chi connectivity index (χ3v) is 3.07. The van der Waals surface area contributed by atoms with Gasteiger partial charge in [-0.05, 0) is 24.0 Å². The van der Waals surface area contributed by atoms with Crippen LogP contribution in [0.5, 0.6) is 0 Å². The number of nitrogens with zero attached hydrogens (tertiary/aromatic N) is 4. The van der Waals surface area contributed by atoms with E-state index < -0.39 is 0 Å². The maximum absolute atomic E-state index is 8.83. The minimum absolute atomic E-state index is 0.397. The van der Waals surface area contributed by atoms with Crippen LogP contribution >= 0.6 is 0 Å². The quantitative estimate of drug-likeness (QED) is 0.828. The Hall–Kier alpha value is -2.15. The van der Waals surface area contributed by atoms with Gasteiger partial charge in [-0.15, -0.1) is 5.10 Å². The van der Waals surface area contributed by atoms with Gasteiger partial charge in [-0.3, -0.25) is 0 Å². The molecule has 0 fully saturated rings. The lowest BCUT2D eigenvalue weighted by atomic mass is 10.0. The molecular formula is C14H16N4. The van der Waals surface area contributed by atoms with E-state index in [2.05, 4.69) is 48.4 Å². The van der Waals surface area contributed by atoms with E-state index in [1.54, 1.807) is 4.68 Å². The fourth-order valence-electron chi connectivity index (χ4n) is 1.79. The van der Waals surface area contributed by atoms with Crippen LogP contribution in [0.4, 0.5) is 0 Å². The van der Waals surface area contributed by atoms with Gasteiger partial charge in [-0.25, -0.2) is 4.68 Å². The monoisotopic (exact) mass is 240 g/mol. The third-order valence-electron chi connectivity index (χ3n) is 3.07. The lowest BCUT2D eigenvalue weighted by molar-refractivity contribution is 0.633. The summed E-state index contributed by atoms with van der Waals surface area (Å²) in [7, 11) is 0. The number of hydrogen-bond donors (Lipinski definition) is 0. The van der Waals surface area contributed by atoms with Crippen molar-refractivity contribution < 1.29 is 0 Å². The molecule has 92 valence electrons. The first kappa shape index (κ1) is 12.3. The van der Waals surface area contributed by atoms with Gasteiger partial charge in [0.1, 0.15) is 6.07 Å². The van der Waals surface area contributed by atoms with Gasteiger partial charge in [0.15, 0.2) is 5.69 Å². The fraction of sp³-hybridized carbons (Fsp3) is 0.357. The Bertz CT molecular complexity index is 573. The number of hydrogen-bond acceptors (Lipinski definition) is 3. The molecule has 0 aliphatic heterocycles. The van der Waals surface area contributed by atoms with Crippen LogP contribution in [0.15, 0.2) is 24.3 Å². The van der Waals surface area contributed by atoms with Crippen LogP contribution in [-0.4, -0.2) is 15.0 Å². The molecule has 2 aromatic rings. The van der Waals surface area contributed by atoms with Crippen LogP contribution in [0.2, 0.25) is 0 Å². The Labute approximate surface area is 107 Å². The molecule has 0 saturated carbocycles. The number of aromatic nitrogens is 3. The molecular weight excluding hydrogens is 224 g/mol. The summed E-state index contributed by atoms with van der Waals surface area (Å²) in [4.78, 5) is 0. The van der Waals surface area contributed by atoms with Crippen molar-refractivity contribution >= 4 is 0 Å². The average molecular weight is 240 g/mol. The minimum atomic E-state index is 0.397. The van der Waals surface area contributed by atoms with Crippen molar-refractivity contribution in [3.8, 4) is 6.07 Å². The smallest absolute Gasteiger partial charge is 0.185 e. The van der Waals surface area contributed by atoms with Crippen LogP contribution in [-0.2, 0) is 6.54 Å². The molecule has 0 N–H and O–H groups in total. The molecule has 0 amide bonds. The molecule has 4 nitrogen and oxygen atoms in total. The van der Waals surface area contributed by atoms with E-state index in [4.69, 9.17) is 5.26 Å². The molecule has 1 aromatic heterocycles. The summed E-state index contributed by atoms with van der Waals surface area (Å²) < 4.78 is 1.75. The highest BCUT2D eigenvalue weighted by Crippen LogP contribution is 2.15. The summed E-state index contributed by atoms with van der Waals surface area (Å²) in [6.07, 6.45) is 0. The maximum Gasteiger partial charge on any atom is 0.185 e. The highest BCUT2D eigenvalue weighted by atomic mass is 15.4. The van der Waals surface area contributed by atoms with E-state index >= 15 is 0 Å². The standard InChI is InChI=1S/C14H16N4/c1-10(2)13-6-4-12(5-7-13)9-18-11(3)14(8-15)16-17-18/h4-7,10H,9H2,1-3H3. The summed E-state index contributed by atoms with van der Waals surface area (Å²) in [6, 6.07) is 10.5. The molecule has 0 aliphatic rings. The normalized spacial score (nSPS) is 10.6. The molecule has 0 unspecified atom stereocenters. The average Bonchev–Trinajstić information content (AvgIpc) is 2.71. The minimum Gasteiger partial charge on any atom is -0.244 e. The molecule has 0 radical (unpaired) electrons. The van der Waals surface area contributed by atoms with Crippen molar-refractivity contribution in [3.63, 3.8) is 0 Å². The molecule has 0 atom stereocenters. The second kappa shape index (κ2) is 5.01. The van der Waals surface area contributed by atoms with Crippen molar-refractivity contribution in [2.75, 3.05) is 0 Å². The van der Waals surface area contributed by atoms with E-state index in [0.29, 0.717) is 18.2 Å². The summed E-state index contributed by atoms with van der Waals surface area (Å²) in [5, 5.41) is 16.6. The van der Waals surface area contributed by atoms with Gasteiger partial charge in [-0.1, -0.05) is 43.3 Å². The van der Waals surface area contributed by atoms with E-state index in [0.717, 1.165) is 11.3 Å². The van der Waals surface area contributed by atoms with Gasteiger partial charge in [0.2, 0.25) is 0 Å². The molecule has 0 aliphatic carbocycles. The summed E-state index contributed by atoms with van der Waals surface area (Å²) in [5.74, 6) is 0.539. The topological polar surface area (TPSA) is 54.5 Å². The van der Waals surface area contributed by atoms with Crippen molar-refractivity contribution in [3.05, 3.63) is 46.8 Å². The van der Waals surface area contributed by atoms with Gasteiger partial charge in [-0.2, -0.15) is 5.26 Å². The van der Waals surface area contributed by atoms with Crippen molar-refractivity contribution in [1.82, 2.24) is 15.0 Å². The van der Waals surface area contributed by atoms with Gasteiger partial charge in [0, 0.05) is 0 Å². The molecule has 2 rings (SSSR count). The van der Waals surface area contributed by atoms with Gasteiger partial charge in [0.05, 0.1) is 12.2 Å². The Morgan fingerprint density at radius 3 is 2.44 bits per heavy atom. The maximum atomic E-state index is 8.83. The third kappa shape index (κ3) is 2.40. The first-order valence-corrected chi connectivity index (χ1v) is 6.01. The van der Waals surface area contributed by atoms with Crippen LogP contribution < -0.4 is 0 Å². The lowest BCUT2D eigenvalue weighted by Crippen LogP contribution is -2.04. The Morgan fingerprint density at radius 2 is 1.94 bits per heavy atom. The highest BCUT2D eigenvalue weighted by Gasteiger charge is 2.08. The fourth-order valence-corrected chi connectivity index (χ4v) is 1.79. The first-order valence-electron chi connectivity index (χ1n) is 6.01. The molecule has 18 heavy (non-hydrogen) atoms. The predicted octanol–water partition coefficient (Wildman–Crippen LogP) is 2.63. The Kier molecular flexibility index (Phi) is 3.42. The van der Waals surface area contributed by atoms with E-state index in [1.165, 1.54) is 5.56 Å². The SMILES string of the molecule is Cc1c(C#N)nnn1Cc1ccc(C(C)C)cc1. The largest absolute Gasteiger partial charge is 0.244 e. The zero-order valence-corrected chi connectivity index (χ0v) is 10.9. The van der Waals surface area contributed by atoms with Gasteiger partial charge >= 0.3 is 0 Å². The summed E-state index contributed by atoms with van der Waals surface area (Å²) >= 11 is 0. The number of rotatable bonds is 3. The second-order valence-electron chi connectivity index (χ2n) is 4.69. The molecule has 0 saturated heterocycles. The van der Waals surface area contributed by atoms with Gasteiger partial charge in [0.25, 0.3) is 0 Å².